The number of anilines is 4. The minimum absolute atomic E-state index is 0.137. The molecule has 1 fully saturated rings. The van der Waals surface area contributed by atoms with E-state index < -0.39 is 0 Å². The molecule has 4 rings (SSSR count). The lowest BCUT2D eigenvalue weighted by Gasteiger charge is -2.13. The summed E-state index contributed by atoms with van der Waals surface area (Å²) in [6.45, 7) is 1.97. The second kappa shape index (κ2) is 6.75. The first-order valence-electron chi connectivity index (χ1n) is 8.94. The van der Waals surface area contributed by atoms with Crippen LogP contribution in [-0.2, 0) is 7.05 Å². The van der Waals surface area contributed by atoms with Gasteiger partial charge in [0.1, 0.15) is 11.5 Å². The molecule has 2 aromatic heterocycles. The van der Waals surface area contributed by atoms with Gasteiger partial charge in [0.25, 0.3) is 5.56 Å². The zero-order chi connectivity index (χ0) is 19.0. The standard InChI is InChI=1S/C20H22N6O/c1-12-15(4-3-5-16(12)21)13-10-17(20(27)26(2)11-13)23-19-9-8-18(24-25-19)22-14-6-7-14/h3-5,8-11,14H,6-7,21H2,1-2H3,(H,22,24)(H,23,25). The molecule has 2 heterocycles. The van der Waals surface area contributed by atoms with E-state index in [1.807, 2.05) is 49.5 Å². The molecule has 0 bridgehead atoms. The Labute approximate surface area is 157 Å². The Morgan fingerprint density at radius 1 is 1.15 bits per heavy atom. The number of benzene rings is 1. The number of nitrogen functional groups attached to an aromatic ring is 1. The van der Waals surface area contributed by atoms with E-state index in [2.05, 4.69) is 20.8 Å². The molecule has 0 atom stereocenters. The first-order valence-corrected chi connectivity index (χ1v) is 8.94. The highest BCUT2D eigenvalue weighted by Gasteiger charge is 2.21. The Kier molecular flexibility index (Phi) is 4.27. The molecule has 7 heteroatoms. The quantitative estimate of drug-likeness (QED) is 0.604. The molecular formula is C20H22N6O. The second-order valence-corrected chi connectivity index (χ2v) is 6.93. The van der Waals surface area contributed by atoms with E-state index in [1.54, 1.807) is 11.6 Å². The van der Waals surface area contributed by atoms with Gasteiger partial charge in [0, 0.05) is 30.5 Å². The monoisotopic (exact) mass is 362 g/mol. The Balaban J connectivity index is 1.65. The lowest BCUT2D eigenvalue weighted by atomic mass is 10.0. The van der Waals surface area contributed by atoms with Gasteiger partial charge >= 0.3 is 0 Å². The van der Waals surface area contributed by atoms with Crippen LogP contribution in [0.4, 0.5) is 23.0 Å². The van der Waals surface area contributed by atoms with E-state index >= 15 is 0 Å². The summed E-state index contributed by atoms with van der Waals surface area (Å²) in [6.07, 6.45) is 4.16. The second-order valence-electron chi connectivity index (χ2n) is 6.93. The molecule has 0 radical (unpaired) electrons. The van der Waals surface area contributed by atoms with E-state index in [-0.39, 0.29) is 5.56 Å². The normalized spacial score (nSPS) is 13.4. The smallest absolute Gasteiger partial charge is 0.274 e. The Morgan fingerprint density at radius 3 is 2.59 bits per heavy atom. The molecule has 0 saturated heterocycles. The maximum absolute atomic E-state index is 12.5. The van der Waals surface area contributed by atoms with Gasteiger partial charge in [0.05, 0.1) is 0 Å². The highest BCUT2D eigenvalue weighted by atomic mass is 16.1. The fraction of sp³-hybridized carbons (Fsp3) is 0.250. The molecule has 0 amide bonds. The first kappa shape index (κ1) is 17.1. The number of hydrogen-bond acceptors (Lipinski definition) is 6. The van der Waals surface area contributed by atoms with E-state index in [9.17, 15) is 4.79 Å². The molecule has 3 aromatic rings. The minimum Gasteiger partial charge on any atom is -0.398 e. The van der Waals surface area contributed by atoms with Crippen LogP contribution in [-0.4, -0.2) is 20.8 Å². The van der Waals surface area contributed by atoms with Gasteiger partial charge in [0.15, 0.2) is 5.82 Å². The Bertz CT molecular complexity index is 1040. The number of nitrogens with zero attached hydrogens (tertiary/aromatic N) is 3. The zero-order valence-electron chi connectivity index (χ0n) is 15.4. The molecular weight excluding hydrogens is 340 g/mol. The minimum atomic E-state index is -0.137. The fourth-order valence-corrected chi connectivity index (χ4v) is 2.97. The molecule has 4 N–H and O–H groups in total. The predicted octanol–water partition coefficient (Wildman–Crippen LogP) is 3.05. The van der Waals surface area contributed by atoms with Crippen molar-refractivity contribution in [2.45, 2.75) is 25.8 Å². The van der Waals surface area contributed by atoms with Gasteiger partial charge in [-0.25, -0.2) is 0 Å². The Hall–Kier alpha value is -3.35. The SMILES string of the molecule is Cc1c(N)cccc1-c1cc(Nc2ccc(NC3CC3)nn2)c(=O)n(C)c1. The van der Waals surface area contributed by atoms with Crippen LogP contribution >= 0.6 is 0 Å². The van der Waals surface area contributed by atoms with Crippen LogP contribution in [0.3, 0.4) is 0 Å². The number of pyridine rings is 1. The number of aromatic nitrogens is 3. The summed E-state index contributed by atoms with van der Waals surface area (Å²) in [7, 11) is 1.73. The van der Waals surface area contributed by atoms with Crippen molar-refractivity contribution in [1.29, 1.82) is 0 Å². The van der Waals surface area contributed by atoms with E-state index in [1.165, 1.54) is 12.8 Å². The predicted molar refractivity (Wildman–Crippen MR) is 108 cm³/mol. The van der Waals surface area contributed by atoms with Crippen molar-refractivity contribution in [1.82, 2.24) is 14.8 Å². The molecule has 1 aliphatic carbocycles. The fourth-order valence-electron chi connectivity index (χ4n) is 2.97. The van der Waals surface area contributed by atoms with Crippen molar-refractivity contribution in [3.63, 3.8) is 0 Å². The van der Waals surface area contributed by atoms with Crippen molar-refractivity contribution in [2.24, 2.45) is 7.05 Å². The van der Waals surface area contributed by atoms with Crippen LogP contribution in [0.5, 0.6) is 0 Å². The number of rotatable bonds is 5. The van der Waals surface area contributed by atoms with Gasteiger partial charge in [-0.2, -0.15) is 0 Å². The molecule has 0 unspecified atom stereocenters. The lowest BCUT2D eigenvalue weighted by Crippen LogP contribution is -2.20. The van der Waals surface area contributed by atoms with Gasteiger partial charge in [-0.15, -0.1) is 10.2 Å². The van der Waals surface area contributed by atoms with Gasteiger partial charge in [-0.05, 0) is 55.2 Å². The first-order chi connectivity index (χ1) is 13.0. The molecule has 138 valence electrons. The maximum atomic E-state index is 12.5. The van der Waals surface area contributed by atoms with E-state index in [0.29, 0.717) is 17.5 Å². The highest BCUT2D eigenvalue weighted by molar-refractivity contribution is 5.75. The topological polar surface area (TPSA) is 97.9 Å². The van der Waals surface area contributed by atoms with Gasteiger partial charge in [0.2, 0.25) is 0 Å². The van der Waals surface area contributed by atoms with Gasteiger partial charge in [-0.3, -0.25) is 4.79 Å². The van der Waals surface area contributed by atoms with Crippen molar-refractivity contribution in [3.8, 4) is 11.1 Å². The molecule has 1 aromatic carbocycles. The average molecular weight is 362 g/mol. The van der Waals surface area contributed by atoms with Crippen molar-refractivity contribution >= 4 is 23.0 Å². The molecule has 0 aliphatic heterocycles. The third-order valence-electron chi connectivity index (χ3n) is 4.73. The number of nitrogens with one attached hydrogen (secondary N) is 2. The highest BCUT2D eigenvalue weighted by Crippen LogP contribution is 2.28. The molecule has 27 heavy (non-hydrogen) atoms. The summed E-state index contributed by atoms with van der Waals surface area (Å²) in [4.78, 5) is 12.5. The summed E-state index contributed by atoms with van der Waals surface area (Å²) in [6, 6.07) is 11.8. The van der Waals surface area contributed by atoms with E-state index in [4.69, 9.17) is 5.73 Å². The molecule has 0 spiro atoms. The van der Waals surface area contributed by atoms with Crippen LogP contribution < -0.4 is 21.9 Å². The van der Waals surface area contributed by atoms with Crippen molar-refractivity contribution in [2.75, 3.05) is 16.4 Å². The molecule has 1 saturated carbocycles. The summed E-state index contributed by atoms with van der Waals surface area (Å²) in [5.74, 6) is 1.27. The van der Waals surface area contributed by atoms with Crippen LogP contribution in [0.15, 0.2) is 47.4 Å². The van der Waals surface area contributed by atoms with Crippen molar-refractivity contribution < 1.29 is 0 Å². The lowest BCUT2D eigenvalue weighted by molar-refractivity contribution is 0.864. The Morgan fingerprint density at radius 2 is 1.89 bits per heavy atom. The van der Waals surface area contributed by atoms with Crippen LogP contribution in [0.2, 0.25) is 0 Å². The van der Waals surface area contributed by atoms with Crippen LogP contribution in [0, 0.1) is 6.92 Å². The third kappa shape index (κ3) is 3.62. The number of nitrogens with two attached hydrogens (primary N) is 1. The van der Waals surface area contributed by atoms with Crippen LogP contribution in [0.1, 0.15) is 18.4 Å². The molecule has 7 nitrogen and oxygen atoms in total. The van der Waals surface area contributed by atoms with E-state index in [0.717, 1.165) is 28.2 Å². The van der Waals surface area contributed by atoms with Gasteiger partial charge < -0.3 is 20.9 Å². The third-order valence-corrected chi connectivity index (χ3v) is 4.73. The summed E-state index contributed by atoms with van der Waals surface area (Å²) >= 11 is 0. The number of hydrogen-bond donors (Lipinski definition) is 3. The summed E-state index contributed by atoms with van der Waals surface area (Å²) in [5, 5.41) is 14.7. The zero-order valence-corrected chi connectivity index (χ0v) is 15.4. The largest absolute Gasteiger partial charge is 0.398 e. The average Bonchev–Trinajstić information content (AvgIpc) is 3.47. The van der Waals surface area contributed by atoms with Crippen LogP contribution in [0.25, 0.3) is 11.1 Å². The molecule has 1 aliphatic rings. The summed E-state index contributed by atoms with van der Waals surface area (Å²) in [5.41, 5.74) is 9.94. The van der Waals surface area contributed by atoms with Gasteiger partial charge in [-0.1, -0.05) is 12.1 Å². The summed E-state index contributed by atoms with van der Waals surface area (Å²) < 4.78 is 1.55. The van der Waals surface area contributed by atoms with Crippen molar-refractivity contribution in [3.05, 3.63) is 58.5 Å². The number of aryl methyl sites for hydroxylation is 1. The maximum Gasteiger partial charge on any atom is 0.274 e.